The van der Waals surface area contributed by atoms with Crippen LogP contribution in [0.3, 0.4) is 0 Å². The molecule has 1 fully saturated rings. The predicted octanol–water partition coefficient (Wildman–Crippen LogP) is 5.07. The maximum absolute atomic E-state index is 5.05. The lowest BCUT2D eigenvalue weighted by Gasteiger charge is -2.13. The number of nitrogens with zero attached hydrogens (tertiary/aromatic N) is 5. The first-order chi connectivity index (χ1) is 14.6. The molecule has 3 aromatic heterocycles. The number of aryl methyl sites for hydroxylation is 3. The first-order valence-corrected chi connectivity index (χ1v) is 10.3. The summed E-state index contributed by atoms with van der Waals surface area (Å²) in [6.45, 7) is 4.16. The standard InChI is InChI=1S/C24H22N6/c1-13-6-9-19-17(5-4-10-25-19)21(13)18-11-16(23-14(2)28-29-30(23)3)12-20-22(18)27-24(26-20)15-7-8-15/h4-6,9-12,15H,7-8H2,1-3H3,(H,26,27). The quantitative estimate of drug-likeness (QED) is 0.464. The van der Waals surface area contributed by atoms with E-state index in [0.29, 0.717) is 5.92 Å². The van der Waals surface area contributed by atoms with Crippen LogP contribution >= 0.6 is 0 Å². The second-order valence-corrected chi connectivity index (χ2v) is 8.29. The van der Waals surface area contributed by atoms with Gasteiger partial charge >= 0.3 is 0 Å². The molecular weight excluding hydrogens is 372 g/mol. The Bertz CT molecular complexity index is 1420. The van der Waals surface area contributed by atoms with Crippen LogP contribution in [-0.2, 0) is 7.05 Å². The fourth-order valence-corrected chi connectivity index (χ4v) is 4.49. The molecule has 2 aromatic carbocycles. The number of hydrogen-bond donors (Lipinski definition) is 1. The fraction of sp³-hybridized carbons (Fsp3) is 0.250. The van der Waals surface area contributed by atoms with E-state index in [2.05, 4.69) is 57.5 Å². The zero-order valence-corrected chi connectivity index (χ0v) is 17.3. The zero-order valence-electron chi connectivity index (χ0n) is 17.3. The molecule has 30 heavy (non-hydrogen) atoms. The molecule has 6 nitrogen and oxygen atoms in total. The molecule has 0 amide bonds. The summed E-state index contributed by atoms with van der Waals surface area (Å²) in [5, 5.41) is 9.63. The molecule has 1 N–H and O–H groups in total. The normalized spacial score (nSPS) is 14.1. The lowest BCUT2D eigenvalue weighted by Crippen LogP contribution is -1.96. The number of nitrogens with one attached hydrogen (secondary N) is 1. The maximum atomic E-state index is 5.05. The van der Waals surface area contributed by atoms with E-state index in [0.717, 1.165) is 50.3 Å². The van der Waals surface area contributed by atoms with Crippen LogP contribution in [0.2, 0.25) is 0 Å². The molecule has 3 heterocycles. The molecule has 0 radical (unpaired) electrons. The van der Waals surface area contributed by atoms with Gasteiger partial charge in [0, 0.05) is 35.7 Å². The van der Waals surface area contributed by atoms with Crippen molar-refractivity contribution in [1.29, 1.82) is 0 Å². The minimum absolute atomic E-state index is 0.559. The van der Waals surface area contributed by atoms with E-state index < -0.39 is 0 Å². The molecule has 1 aliphatic rings. The Labute approximate surface area is 174 Å². The Balaban J connectivity index is 1.72. The number of hydrogen-bond acceptors (Lipinski definition) is 4. The van der Waals surface area contributed by atoms with Crippen molar-refractivity contribution in [2.75, 3.05) is 0 Å². The molecule has 1 saturated carbocycles. The average Bonchev–Trinajstić information content (AvgIpc) is 3.42. The van der Waals surface area contributed by atoms with Gasteiger partial charge in [-0.3, -0.25) is 4.98 Å². The Morgan fingerprint density at radius 1 is 1.10 bits per heavy atom. The van der Waals surface area contributed by atoms with Gasteiger partial charge in [0.05, 0.1) is 27.9 Å². The van der Waals surface area contributed by atoms with E-state index in [4.69, 9.17) is 4.98 Å². The Hall–Kier alpha value is -3.54. The summed E-state index contributed by atoms with van der Waals surface area (Å²) in [6.07, 6.45) is 4.27. The van der Waals surface area contributed by atoms with Crippen LogP contribution in [0.25, 0.3) is 44.3 Å². The minimum atomic E-state index is 0.559. The molecule has 148 valence electrons. The van der Waals surface area contributed by atoms with Crippen LogP contribution in [0.4, 0.5) is 0 Å². The third-order valence-corrected chi connectivity index (χ3v) is 6.10. The summed E-state index contributed by atoms with van der Waals surface area (Å²) in [6, 6.07) is 12.8. The Morgan fingerprint density at radius 3 is 2.73 bits per heavy atom. The van der Waals surface area contributed by atoms with Crippen LogP contribution in [0.1, 0.15) is 35.8 Å². The van der Waals surface area contributed by atoms with Gasteiger partial charge in [-0.25, -0.2) is 9.67 Å². The lowest BCUT2D eigenvalue weighted by molar-refractivity contribution is 0.719. The second-order valence-electron chi connectivity index (χ2n) is 8.29. The van der Waals surface area contributed by atoms with Gasteiger partial charge in [0.1, 0.15) is 5.82 Å². The largest absolute Gasteiger partial charge is 0.342 e. The van der Waals surface area contributed by atoms with Crippen molar-refractivity contribution in [1.82, 2.24) is 29.9 Å². The van der Waals surface area contributed by atoms with Crippen LogP contribution in [0, 0.1) is 13.8 Å². The number of benzene rings is 2. The number of pyridine rings is 1. The van der Waals surface area contributed by atoms with E-state index in [1.54, 1.807) is 0 Å². The van der Waals surface area contributed by atoms with E-state index in [-0.39, 0.29) is 0 Å². The van der Waals surface area contributed by atoms with Crippen molar-refractivity contribution in [3.63, 3.8) is 0 Å². The highest BCUT2D eigenvalue weighted by Crippen LogP contribution is 2.42. The number of imidazole rings is 1. The first-order valence-electron chi connectivity index (χ1n) is 10.3. The maximum Gasteiger partial charge on any atom is 0.110 e. The molecular formula is C24H22N6. The van der Waals surface area contributed by atoms with Crippen molar-refractivity contribution in [2.24, 2.45) is 7.05 Å². The fourth-order valence-electron chi connectivity index (χ4n) is 4.49. The Morgan fingerprint density at radius 2 is 1.97 bits per heavy atom. The van der Waals surface area contributed by atoms with Crippen LogP contribution in [0.15, 0.2) is 42.6 Å². The van der Waals surface area contributed by atoms with Gasteiger partial charge in [-0.2, -0.15) is 0 Å². The molecule has 6 heteroatoms. The first kappa shape index (κ1) is 17.3. The summed E-state index contributed by atoms with van der Waals surface area (Å²) < 4.78 is 1.84. The van der Waals surface area contributed by atoms with E-state index in [1.807, 2.05) is 30.9 Å². The van der Waals surface area contributed by atoms with Crippen molar-refractivity contribution >= 4 is 21.9 Å². The van der Waals surface area contributed by atoms with Crippen molar-refractivity contribution in [3.05, 3.63) is 59.7 Å². The minimum Gasteiger partial charge on any atom is -0.342 e. The van der Waals surface area contributed by atoms with Crippen LogP contribution in [-0.4, -0.2) is 29.9 Å². The molecule has 0 spiro atoms. The van der Waals surface area contributed by atoms with Gasteiger partial charge in [0.2, 0.25) is 0 Å². The summed E-state index contributed by atoms with van der Waals surface area (Å²) in [7, 11) is 1.94. The van der Waals surface area contributed by atoms with Gasteiger partial charge in [0.25, 0.3) is 0 Å². The lowest BCUT2D eigenvalue weighted by atomic mass is 9.93. The highest BCUT2D eigenvalue weighted by molar-refractivity contribution is 6.05. The van der Waals surface area contributed by atoms with Gasteiger partial charge in [-0.05, 0) is 62.1 Å². The predicted molar refractivity (Wildman–Crippen MR) is 118 cm³/mol. The van der Waals surface area contributed by atoms with Crippen LogP contribution < -0.4 is 0 Å². The molecule has 0 aliphatic heterocycles. The van der Waals surface area contributed by atoms with Crippen molar-refractivity contribution in [3.8, 4) is 22.4 Å². The Kier molecular flexibility index (Phi) is 3.60. The second kappa shape index (κ2) is 6.23. The molecule has 0 atom stereocenters. The average molecular weight is 394 g/mol. The topological polar surface area (TPSA) is 72.3 Å². The van der Waals surface area contributed by atoms with Crippen molar-refractivity contribution < 1.29 is 0 Å². The van der Waals surface area contributed by atoms with E-state index in [1.165, 1.54) is 24.0 Å². The number of rotatable bonds is 3. The smallest absolute Gasteiger partial charge is 0.110 e. The van der Waals surface area contributed by atoms with Crippen LogP contribution in [0.5, 0.6) is 0 Å². The molecule has 0 unspecified atom stereocenters. The number of H-pyrrole nitrogens is 1. The molecule has 1 aliphatic carbocycles. The van der Waals surface area contributed by atoms with E-state index >= 15 is 0 Å². The van der Waals surface area contributed by atoms with Gasteiger partial charge < -0.3 is 4.98 Å². The molecule has 0 saturated heterocycles. The third-order valence-electron chi connectivity index (χ3n) is 6.10. The SMILES string of the molecule is Cc1ccc2ncccc2c1-c1cc(-c2c(C)nnn2C)cc2[nH]c(C3CC3)nc12. The summed E-state index contributed by atoms with van der Waals surface area (Å²) in [5.74, 6) is 1.66. The van der Waals surface area contributed by atoms with Gasteiger partial charge in [-0.1, -0.05) is 17.3 Å². The van der Waals surface area contributed by atoms with Crippen molar-refractivity contribution in [2.45, 2.75) is 32.6 Å². The van der Waals surface area contributed by atoms with Gasteiger partial charge in [0.15, 0.2) is 0 Å². The zero-order chi connectivity index (χ0) is 20.4. The number of fused-ring (bicyclic) bond motifs is 2. The van der Waals surface area contributed by atoms with E-state index in [9.17, 15) is 0 Å². The number of aromatic nitrogens is 6. The third kappa shape index (κ3) is 2.56. The highest BCUT2D eigenvalue weighted by atomic mass is 15.4. The highest BCUT2D eigenvalue weighted by Gasteiger charge is 2.28. The summed E-state index contributed by atoms with van der Waals surface area (Å²) in [5.41, 5.74) is 9.64. The molecule has 0 bridgehead atoms. The molecule has 6 rings (SSSR count). The summed E-state index contributed by atoms with van der Waals surface area (Å²) in [4.78, 5) is 13.2. The van der Waals surface area contributed by atoms with Gasteiger partial charge in [-0.15, -0.1) is 5.10 Å². The summed E-state index contributed by atoms with van der Waals surface area (Å²) >= 11 is 0. The number of aromatic amines is 1. The molecule has 5 aromatic rings. The monoisotopic (exact) mass is 394 g/mol.